The van der Waals surface area contributed by atoms with Gasteiger partial charge >= 0.3 is 13.6 Å². The summed E-state index contributed by atoms with van der Waals surface area (Å²) in [4.78, 5) is 14.2. The smallest absolute Gasteiger partial charge is 0.390 e. The SMILES string of the molecule is CC[N+](C)(C)CCCCNP(=O)(OCc1cnc([N+](=O)[O-])n1C)N(CCCl)CCCl. The largest absolute Gasteiger partial charge is 0.434 e. The van der Waals surface area contributed by atoms with Crippen molar-refractivity contribution in [2.24, 2.45) is 7.05 Å². The lowest BCUT2D eigenvalue weighted by molar-refractivity contribution is -0.888. The van der Waals surface area contributed by atoms with E-state index in [9.17, 15) is 14.7 Å². The molecule has 1 N–H and O–H groups in total. The summed E-state index contributed by atoms with van der Waals surface area (Å²) in [6.07, 6.45) is 3.16. The fraction of sp³-hybridized carbons (Fsp3) is 0.824. The second-order valence-corrected chi connectivity index (χ2v) is 10.5. The zero-order valence-electron chi connectivity index (χ0n) is 18.2. The molecule has 0 saturated carbocycles. The van der Waals surface area contributed by atoms with Crippen molar-refractivity contribution < 1.29 is 18.5 Å². The van der Waals surface area contributed by atoms with Crippen molar-refractivity contribution >= 4 is 36.8 Å². The molecule has 0 bridgehead atoms. The molecule has 30 heavy (non-hydrogen) atoms. The lowest BCUT2D eigenvalue weighted by Gasteiger charge is -2.31. The molecule has 13 heteroatoms. The molecule has 0 radical (unpaired) electrons. The van der Waals surface area contributed by atoms with Gasteiger partial charge in [-0.2, -0.15) is 0 Å². The number of alkyl halides is 2. The molecule has 0 aliphatic heterocycles. The fourth-order valence-corrected chi connectivity index (χ4v) is 5.30. The van der Waals surface area contributed by atoms with Gasteiger partial charge in [0.05, 0.1) is 34.2 Å². The first-order chi connectivity index (χ1) is 14.1. The monoisotopic (exact) mass is 487 g/mol. The van der Waals surface area contributed by atoms with E-state index in [-0.39, 0.29) is 24.3 Å². The lowest BCUT2D eigenvalue weighted by Crippen LogP contribution is -2.40. The molecule has 174 valence electrons. The average Bonchev–Trinajstić information content (AvgIpc) is 3.06. The predicted octanol–water partition coefficient (Wildman–Crippen LogP) is 3.20. The van der Waals surface area contributed by atoms with Crippen molar-refractivity contribution in [1.82, 2.24) is 19.3 Å². The number of nitro groups is 1. The van der Waals surface area contributed by atoms with Gasteiger partial charge in [0.25, 0.3) is 0 Å². The van der Waals surface area contributed by atoms with E-state index in [2.05, 4.69) is 31.1 Å². The van der Waals surface area contributed by atoms with Crippen LogP contribution in [0.15, 0.2) is 6.20 Å². The average molecular weight is 488 g/mol. The number of nitrogens with zero attached hydrogens (tertiary/aromatic N) is 5. The summed E-state index contributed by atoms with van der Waals surface area (Å²) >= 11 is 11.8. The molecule has 10 nitrogen and oxygen atoms in total. The molecule has 0 aromatic carbocycles. The first-order valence-corrected chi connectivity index (χ1v) is 12.6. The number of halogens is 2. The van der Waals surface area contributed by atoms with E-state index in [4.69, 9.17) is 27.7 Å². The van der Waals surface area contributed by atoms with E-state index < -0.39 is 12.6 Å². The molecule has 1 heterocycles. The Morgan fingerprint density at radius 2 is 1.97 bits per heavy atom. The minimum Gasteiger partial charge on any atom is -0.390 e. The topological polar surface area (TPSA) is 103 Å². The molecule has 1 rings (SSSR count). The van der Waals surface area contributed by atoms with Crippen molar-refractivity contribution in [3.63, 3.8) is 0 Å². The highest BCUT2D eigenvalue weighted by Gasteiger charge is 2.32. The first-order valence-electron chi connectivity index (χ1n) is 9.94. The Balaban J connectivity index is 2.82. The van der Waals surface area contributed by atoms with Gasteiger partial charge in [-0.05, 0) is 24.7 Å². The summed E-state index contributed by atoms with van der Waals surface area (Å²) in [5.74, 6) is 0.239. The van der Waals surface area contributed by atoms with E-state index >= 15 is 0 Å². The quantitative estimate of drug-likeness (QED) is 0.0952. The second kappa shape index (κ2) is 13.0. The molecule has 1 aromatic heterocycles. The maximum absolute atomic E-state index is 13.6. The maximum Gasteiger partial charge on any atom is 0.434 e. The van der Waals surface area contributed by atoms with Crippen LogP contribution in [0.3, 0.4) is 0 Å². The van der Waals surface area contributed by atoms with Crippen LogP contribution >= 0.6 is 30.9 Å². The molecule has 1 aromatic rings. The Morgan fingerprint density at radius 1 is 1.33 bits per heavy atom. The third kappa shape index (κ3) is 8.42. The van der Waals surface area contributed by atoms with E-state index in [1.165, 1.54) is 17.8 Å². The van der Waals surface area contributed by atoms with Crippen LogP contribution < -0.4 is 5.09 Å². The molecular formula is C17H34Cl2N6O4P+. The first kappa shape index (κ1) is 27.3. The number of unbranched alkanes of at least 4 members (excludes halogenated alkanes) is 1. The molecule has 0 amide bonds. The zero-order valence-corrected chi connectivity index (χ0v) is 20.6. The van der Waals surface area contributed by atoms with Gasteiger partial charge in [0.15, 0.2) is 0 Å². The lowest BCUT2D eigenvalue weighted by atomic mass is 10.3. The summed E-state index contributed by atoms with van der Waals surface area (Å²) in [5.41, 5.74) is 0.447. The summed E-state index contributed by atoms with van der Waals surface area (Å²) in [5, 5.41) is 14.0. The molecule has 1 atom stereocenters. The van der Waals surface area contributed by atoms with Crippen LogP contribution in [0.1, 0.15) is 25.5 Å². The molecule has 0 aliphatic rings. The van der Waals surface area contributed by atoms with Crippen molar-refractivity contribution in [3.05, 3.63) is 22.0 Å². The minimum atomic E-state index is -3.45. The summed E-state index contributed by atoms with van der Waals surface area (Å²) in [6.45, 7) is 5.31. The molecule has 0 fully saturated rings. The van der Waals surface area contributed by atoms with Gasteiger partial charge in [0, 0.05) is 31.4 Å². The minimum absolute atomic E-state index is 0.0948. The highest BCUT2D eigenvalue weighted by Crippen LogP contribution is 2.47. The Bertz CT molecular complexity index is 712. The van der Waals surface area contributed by atoms with Crippen molar-refractivity contribution in [2.75, 3.05) is 58.6 Å². The third-order valence-corrected chi connectivity index (χ3v) is 7.61. The summed E-state index contributed by atoms with van der Waals surface area (Å²) in [7, 11) is 2.42. The Hall–Kier alpha value is -0.740. The summed E-state index contributed by atoms with van der Waals surface area (Å²) in [6, 6.07) is 0. The van der Waals surface area contributed by atoms with Crippen molar-refractivity contribution in [3.8, 4) is 0 Å². The third-order valence-electron chi connectivity index (χ3n) is 5.03. The molecule has 0 saturated heterocycles. The van der Waals surface area contributed by atoms with E-state index in [0.29, 0.717) is 25.3 Å². The van der Waals surface area contributed by atoms with Gasteiger partial charge in [0.2, 0.25) is 0 Å². The highest BCUT2D eigenvalue weighted by molar-refractivity contribution is 7.54. The van der Waals surface area contributed by atoms with Crippen LogP contribution in [0, 0.1) is 10.1 Å². The molecule has 1 unspecified atom stereocenters. The standard InChI is InChI=1S/C17H34Cl2N6O4P/c1-5-25(3,4)13-7-6-10-21-30(28,23(11-8-18)12-9-19)29-15-16-14-20-17(22(16)2)24(26)27/h14H,5-13,15H2,1-4H3,(H,21,28)/q+1. The number of rotatable bonds is 16. The van der Waals surface area contributed by atoms with Crippen LogP contribution in [-0.4, -0.2) is 82.2 Å². The van der Waals surface area contributed by atoms with Gasteiger partial charge in [-0.25, -0.2) is 14.3 Å². The number of hydrogen-bond donors (Lipinski definition) is 1. The Morgan fingerprint density at radius 3 is 2.47 bits per heavy atom. The normalized spacial score (nSPS) is 14.2. The van der Waals surface area contributed by atoms with Gasteiger partial charge in [0.1, 0.15) is 18.5 Å². The van der Waals surface area contributed by atoms with Crippen LogP contribution in [0.25, 0.3) is 0 Å². The molecule has 0 aliphatic carbocycles. The predicted molar refractivity (Wildman–Crippen MR) is 120 cm³/mol. The van der Waals surface area contributed by atoms with Gasteiger partial charge in [-0.3, -0.25) is 9.09 Å². The van der Waals surface area contributed by atoms with Crippen LogP contribution in [-0.2, 0) is 22.7 Å². The second-order valence-electron chi connectivity index (χ2n) is 7.58. The zero-order chi connectivity index (χ0) is 22.8. The number of hydrogen-bond acceptors (Lipinski definition) is 5. The molecule has 0 spiro atoms. The maximum atomic E-state index is 13.6. The molecular weight excluding hydrogens is 454 g/mol. The number of imidazole rings is 1. The fourth-order valence-electron chi connectivity index (χ4n) is 2.73. The number of aromatic nitrogens is 2. The number of quaternary nitrogens is 1. The van der Waals surface area contributed by atoms with Crippen molar-refractivity contribution in [2.45, 2.75) is 26.4 Å². The van der Waals surface area contributed by atoms with Crippen LogP contribution in [0.2, 0.25) is 0 Å². The number of nitrogens with one attached hydrogen (secondary N) is 1. The van der Waals surface area contributed by atoms with Gasteiger partial charge in [-0.15, -0.1) is 23.2 Å². The summed E-state index contributed by atoms with van der Waals surface area (Å²) < 4.78 is 23.3. The van der Waals surface area contributed by atoms with E-state index in [1.54, 1.807) is 4.67 Å². The van der Waals surface area contributed by atoms with Crippen LogP contribution in [0.5, 0.6) is 0 Å². The van der Waals surface area contributed by atoms with Crippen LogP contribution in [0.4, 0.5) is 5.95 Å². The Kier molecular flexibility index (Phi) is 11.8. The van der Waals surface area contributed by atoms with E-state index in [0.717, 1.165) is 30.4 Å². The Labute approximate surface area is 188 Å². The van der Waals surface area contributed by atoms with E-state index in [1.807, 2.05) is 0 Å². The highest BCUT2D eigenvalue weighted by atomic mass is 35.5. The van der Waals surface area contributed by atoms with Gasteiger partial charge in [-0.1, -0.05) is 4.98 Å². The van der Waals surface area contributed by atoms with Gasteiger partial charge < -0.3 is 14.6 Å². The van der Waals surface area contributed by atoms with Crippen molar-refractivity contribution in [1.29, 1.82) is 0 Å².